The summed E-state index contributed by atoms with van der Waals surface area (Å²) >= 11 is 8.43. The van der Waals surface area contributed by atoms with E-state index in [0.29, 0.717) is 0 Å². The third-order valence-electron chi connectivity index (χ3n) is 4.32. The van der Waals surface area contributed by atoms with Crippen LogP contribution in [0, 0.1) is 14.3 Å². The summed E-state index contributed by atoms with van der Waals surface area (Å²) in [6.45, 7) is 0. The van der Waals surface area contributed by atoms with Gasteiger partial charge in [-0.25, -0.2) is 0 Å². The Hall–Kier alpha value is -1.40. The Morgan fingerprint density at radius 1 is 0.341 bits per heavy atom. The minimum Gasteiger partial charge on any atom is -0.545 e. The molecule has 0 aliphatic rings. The summed E-state index contributed by atoms with van der Waals surface area (Å²) in [7, 11) is 0. The molecule has 4 rings (SSSR count). The van der Waals surface area contributed by atoms with Gasteiger partial charge in [0, 0.05) is 14.3 Å². The van der Waals surface area contributed by atoms with Crippen LogP contribution in [0.15, 0.2) is 97.1 Å². The molecule has 0 N–H and O–H groups in total. The largest absolute Gasteiger partial charge is 4.00 e. The molecule has 0 bridgehead atoms. The summed E-state index contributed by atoms with van der Waals surface area (Å²) in [6, 6.07) is 26.0. The molecule has 0 spiro atoms. The maximum absolute atomic E-state index is 10.2. The molecule has 4 aromatic carbocycles. The molecule has 8 nitrogen and oxygen atoms in total. The molecule has 0 aromatic heterocycles. The van der Waals surface area contributed by atoms with Crippen LogP contribution in [-0.2, 0) is 0 Å². The van der Waals surface area contributed by atoms with E-state index in [-0.39, 0.29) is 49.6 Å². The van der Waals surface area contributed by atoms with Gasteiger partial charge >= 0.3 is 27.3 Å². The summed E-state index contributed by atoms with van der Waals surface area (Å²) in [5.74, 6) is -4.51. The van der Waals surface area contributed by atoms with E-state index in [9.17, 15) is 39.6 Å². The second-order valence-corrected chi connectivity index (χ2v) is 12.2. The van der Waals surface area contributed by atoms with Crippen molar-refractivity contribution in [3.63, 3.8) is 0 Å². The number of carbonyl (C=O) groups is 4. The van der Waals surface area contributed by atoms with Crippen molar-refractivity contribution in [2.24, 2.45) is 0 Å². The second kappa shape index (κ2) is 21.3. The number of aromatic carboxylic acids is 4. The van der Waals surface area contributed by atoms with Crippen LogP contribution in [0.5, 0.6) is 0 Å². The molecule has 13 heteroatoms. The number of rotatable bonds is 4. The second-order valence-electron chi connectivity index (χ2n) is 7.18. The molecular weight excluding hydrogens is 1180 g/mol. The molecule has 0 fully saturated rings. The van der Waals surface area contributed by atoms with Gasteiger partial charge in [-0.2, -0.15) is 0 Å². The van der Waals surface area contributed by atoms with Crippen molar-refractivity contribution >= 4 is 142 Å². The van der Waals surface area contributed by atoms with Gasteiger partial charge in [0.1, 0.15) is 0 Å². The predicted molar refractivity (Wildman–Crippen MR) is 180 cm³/mol. The van der Waals surface area contributed by atoms with Crippen LogP contribution in [0.3, 0.4) is 0 Å². The Morgan fingerprint density at radius 2 is 0.463 bits per heavy atom. The van der Waals surface area contributed by atoms with Gasteiger partial charge in [-0.3, -0.25) is 0 Å². The zero-order valence-corrected chi connectivity index (χ0v) is 33.0. The van der Waals surface area contributed by atoms with Crippen LogP contribution in [0.2, 0.25) is 0 Å². The molecule has 0 radical (unpaired) electrons. The fourth-order valence-corrected chi connectivity index (χ4v) is 3.78. The van der Waals surface area contributed by atoms with Gasteiger partial charge in [0.2, 0.25) is 0 Å². The van der Waals surface area contributed by atoms with Crippen LogP contribution < -0.4 is 20.4 Å². The van der Waals surface area contributed by atoms with Gasteiger partial charge in [-0.05, 0) is 161 Å². The molecule has 208 valence electrons. The van der Waals surface area contributed by atoms with Gasteiger partial charge in [-0.15, -0.1) is 0 Å². The molecule has 0 atom stereocenters. The van der Waals surface area contributed by atoms with Crippen molar-refractivity contribution in [2.75, 3.05) is 0 Å². The summed E-state index contributed by atoms with van der Waals surface area (Å²) in [5.41, 5.74) is 0.890. The van der Waals surface area contributed by atoms with E-state index in [1.807, 2.05) is 0 Å². The number of benzene rings is 4. The van der Waals surface area contributed by atoms with Crippen LogP contribution in [-0.4, -0.2) is 51.2 Å². The molecule has 4 aromatic rings. The molecule has 0 saturated heterocycles. The third kappa shape index (κ3) is 17.3. The van der Waals surface area contributed by atoms with Crippen LogP contribution in [0.25, 0.3) is 0 Å². The average Bonchev–Trinajstić information content (AvgIpc) is 2.91. The van der Waals surface area contributed by atoms with Crippen molar-refractivity contribution in [1.82, 2.24) is 0 Å². The molecular formula is C28H16I4O8Pb. The van der Waals surface area contributed by atoms with Gasteiger partial charge in [0.05, 0.1) is 23.9 Å². The van der Waals surface area contributed by atoms with E-state index in [4.69, 9.17) is 0 Å². The number of hydrogen-bond acceptors (Lipinski definition) is 8. The molecule has 0 heterocycles. The van der Waals surface area contributed by atoms with Crippen molar-refractivity contribution in [3.05, 3.63) is 134 Å². The molecule has 0 saturated carbocycles. The standard InChI is InChI=1S/4C7H5IO2.Pb/c4*8-6-3-1-5(2-4-6)7(9)10;/h4*1-4H,(H,9,10);/q;;;;+4/p-4. The fourth-order valence-electron chi connectivity index (χ4n) is 2.34. The first kappa shape index (κ1) is 39.6. The average molecular weight is 1200 g/mol. The molecule has 0 aliphatic heterocycles. The number of halogens is 4. The Labute approximate surface area is 310 Å². The number of carbonyl (C=O) groups excluding carboxylic acids is 4. The van der Waals surface area contributed by atoms with E-state index >= 15 is 0 Å². The van der Waals surface area contributed by atoms with E-state index in [1.54, 1.807) is 48.5 Å². The van der Waals surface area contributed by atoms with E-state index in [1.165, 1.54) is 48.5 Å². The minimum atomic E-state index is -1.13. The normalized spacial score (nSPS) is 9.07. The van der Waals surface area contributed by atoms with Gasteiger partial charge in [0.25, 0.3) is 0 Å². The van der Waals surface area contributed by atoms with E-state index in [2.05, 4.69) is 90.4 Å². The van der Waals surface area contributed by atoms with E-state index < -0.39 is 23.9 Å². The Morgan fingerprint density at radius 3 is 0.561 bits per heavy atom. The minimum absolute atomic E-state index is 0. The smallest absolute Gasteiger partial charge is 0.545 e. The SMILES string of the molecule is O=C([O-])c1ccc(I)cc1.O=C([O-])c1ccc(I)cc1.O=C([O-])c1ccc(I)cc1.O=C([O-])c1ccc(I)cc1.[Pb+4]. The zero-order valence-electron chi connectivity index (χ0n) is 20.5. The first-order valence-electron chi connectivity index (χ1n) is 10.7. The summed E-state index contributed by atoms with van der Waals surface area (Å²) < 4.78 is 4.07. The number of hydrogen-bond donors (Lipinski definition) is 0. The summed E-state index contributed by atoms with van der Waals surface area (Å²) in [6.07, 6.45) is 0. The van der Waals surface area contributed by atoms with Gasteiger partial charge in [-0.1, -0.05) is 48.5 Å². The summed E-state index contributed by atoms with van der Waals surface area (Å²) in [5, 5.41) is 40.8. The van der Waals surface area contributed by atoms with Crippen molar-refractivity contribution in [3.8, 4) is 0 Å². The van der Waals surface area contributed by atoms with Crippen LogP contribution in [0.1, 0.15) is 41.4 Å². The maximum Gasteiger partial charge on any atom is 4.00 e. The summed E-state index contributed by atoms with van der Waals surface area (Å²) in [4.78, 5) is 40.8. The molecule has 41 heavy (non-hydrogen) atoms. The van der Waals surface area contributed by atoms with Crippen LogP contribution in [0.4, 0.5) is 0 Å². The Bertz CT molecular complexity index is 1190. The first-order valence-corrected chi connectivity index (χ1v) is 15.0. The number of carboxylic acids is 4. The molecule has 0 aliphatic carbocycles. The van der Waals surface area contributed by atoms with Crippen molar-refractivity contribution < 1.29 is 39.6 Å². The fraction of sp³-hybridized carbons (Fsp3) is 0. The number of carboxylic acid groups (broad SMARTS) is 4. The zero-order chi connectivity index (χ0) is 30.2. The first-order chi connectivity index (χ1) is 18.8. The molecule has 0 amide bonds. The van der Waals surface area contributed by atoms with Gasteiger partial charge in [0.15, 0.2) is 0 Å². The van der Waals surface area contributed by atoms with Crippen molar-refractivity contribution in [1.29, 1.82) is 0 Å². The third-order valence-corrected chi connectivity index (χ3v) is 7.20. The quantitative estimate of drug-likeness (QED) is 0.223. The monoisotopic (exact) mass is 1200 g/mol. The van der Waals surface area contributed by atoms with Crippen LogP contribution >= 0.6 is 90.4 Å². The van der Waals surface area contributed by atoms with Crippen molar-refractivity contribution in [2.45, 2.75) is 0 Å². The van der Waals surface area contributed by atoms with Gasteiger partial charge < -0.3 is 39.6 Å². The van der Waals surface area contributed by atoms with E-state index in [0.717, 1.165) is 14.3 Å². The topological polar surface area (TPSA) is 161 Å². The maximum atomic E-state index is 10.2. The predicted octanol–water partition coefficient (Wildman–Crippen LogP) is 2.24. The molecule has 0 unspecified atom stereocenters. The Balaban J connectivity index is 0.000000516. The Kier molecular flexibility index (Phi) is 20.6.